The minimum atomic E-state index is 0.166. The highest BCUT2D eigenvalue weighted by Crippen LogP contribution is 2.37. The van der Waals surface area contributed by atoms with Crippen LogP contribution in [0.4, 0.5) is 5.69 Å². The molecule has 1 saturated heterocycles. The highest BCUT2D eigenvalue weighted by molar-refractivity contribution is 9.09. The second kappa shape index (κ2) is 5.82. The van der Waals surface area contributed by atoms with Gasteiger partial charge >= 0.3 is 0 Å². The third-order valence-electron chi connectivity index (χ3n) is 3.42. The maximum Gasteiger partial charge on any atom is 0.227 e. The molecule has 1 atom stereocenters. The Morgan fingerprint density at radius 2 is 1.95 bits per heavy atom. The van der Waals surface area contributed by atoms with Gasteiger partial charge < -0.3 is 14.4 Å². The number of anilines is 1. The number of halogens is 1. The fourth-order valence-electron chi connectivity index (χ4n) is 2.38. The summed E-state index contributed by atoms with van der Waals surface area (Å²) < 4.78 is 10.6. The largest absolute Gasteiger partial charge is 0.493 e. The quantitative estimate of drug-likeness (QED) is 0.798. The Labute approximate surface area is 121 Å². The van der Waals surface area contributed by atoms with Crippen LogP contribution in [0.1, 0.15) is 12.0 Å². The van der Waals surface area contributed by atoms with Crippen LogP contribution in [0.3, 0.4) is 0 Å². The van der Waals surface area contributed by atoms with E-state index in [1.165, 1.54) is 0 Å². The summed E-state index contributed by atoms with van der Waals surface area (Å²) in [5.74, 6) is 1.88. The van der Waals surface area contributed by atoms with Crippen molar-refractivity contribution in [1.82, 2.24) is 0 Å². The summed E-state index contributed by atoms with van der Waals surface area (Å²) in [5.41, 5.74) is 1.92. The topological polar surface area (TPSA) is 38.8 Å². The first-order valence-electron chi connectivity index (χ1n) is 6.19. The number of nitrogens with zero attached hydrogens (tertiary/aromatic N) is 1. The molecule has 1 aromatic rings. The molecule has 0 bridgehead atoms. The number of amides is 1. The number of hydrogen-bond donors (Lipinski definition) is 0. The summed E-state index contributed by atoms with van der Waals surface area (Å²) in [4.78, 5) is 13.9. The summed E-state index contributed by atoms with van der Waals surface area (Å²) in [6, 6.07) is 3.78. The summed E-state index contributed by atoms with van der Waals surface area (Å²) in [6.07, 6.45) is 0.596. The maximum absolute atomic E-state index is 12.1. The van der Waals surface area contributed by atoms with E-state index in [9.17, 15) is 4.79 Å². The highest BCUT2D eigenvalue weighted by atomic mass is 79.9. The van der Waals surface area contributed by atoms with Crippen LogP contribution in [0.5, 0.6) is 11.5 Å². The maximum atomic E-state index is 12.1. The van der Waals surface area contributed by atoms with Crippen LogP contribution in [0.2, 0.25) is 0 Å². The van der Waals surface area contributed by atoms with Gasteiger partial charge in [-0.2, -0.15) is 0 Å². The van der Waals surface area contributed by atoms with Gasteiger partial charge in [0, 0.05) is 24.4 Å². The molecule has 0 saturated carbocycles. The van der Waals surface area contributed by atoms with Gasteiger partial charge in [-0.25, -0.2) is 0 Å². The minimum Gasteiger partial charge on any atom is -0.493 e. The molecule has 1 fully saturated rings. The van der Waals surface area contributed by atoms with Crippen LogP contribution in [0, 0.1) is 12.8 Å². The van der Waals surface area contributed by atoms with E-state index in [0.717, 1.165) is 23.1 Å². The number of carbonyl (C=O) groups is 1. The summed E-state index contributed by atoms with van der Waals surface area (Å²) in [6.45, 7) is 2.73. The Hall–Kier alpha value is -1.23. The zero-order chi connectivity index (χ0) is 14.0. The molecule has 104 valence electrons. The molecule has 0 spiro atoms. The third kappa shape index (κ3) is 2.71. The van der Waals surface area contributed by atoms with E-state index in [2.05, 4.69) is 15.9 Å². The van der Waals surface area contributed by atoms with E-state index in [-0.39, 0.29) is 5.91 Å². The Morgan fingerprint density at radius 3 is 2.47 bits per heavy atom. The van der Waals surface area contributed by atoms with E-state index in [4.69, 9.17) is 9.47 Å². The van der Waals surface area contributed by atoms with Crippen molar-refractivity contribution in [3.8, 4) is 11.5 Å². The van der Waals surface area contributed by atoms with Gasteiger partial charge in [-0.3, -0.25) is 4.79 Å². The second-order valence-electron chi connectivity index (χ2n) is 4.72. The van der Waals surface area contributed by atoms with Crippen molar-refractivity contribution in [2.24, 2.45) is 5.92 Å². The summed E-state index contributed by atoms with van der Waals surface area (Å²) >= 11 is 3.45. The fraction of sp³-hybridized carbons (Fsp3) is 0.500. The van der Waals surface area contributed by atoms with Gasteiger partial charge in [0.25, 0.3) is 0 Å². The predicted molar refractivity (Wildman–Crippen MR) is 78.5 cm³/mol. The predicted octanol–water partition coefficient (Wildman–Crippen LogP) is 2.76. The molecule has 1 heterocycles. The molecule has 0 N–H and O–H groups in total. The number of carbonyl (C=O) groups excluding carboxylic acids is 1. The van der Waals surface area contributed by atoms with Crippen LogP contribution < -0.4 is 14.4 Å². The number of alkyl halides is 1. The lowest BCUT2D eigenvalue weighted by atomic mass is 10.1. The van der Waals surface area contributed by atoms with Crippen LogP contribution in [0.25, 0.3) is 0 Å². The van der Waals surface area contributed by atoms with Gasteiger partial charge in [0.2, 0.25) is 5.91 Å². The monoisotopic (exact) mass is 327 g/mol. The lowest BCUT2D eigenvalue weighted by Gasteiger charge is -2.21. The lowest BCUT2D eigenvalue weighted by Crippen LogP contribution is -2.25. The van der Waals surface area contributed by atoms with Crippen molar-refractivity contribution >= 4 is 27.5 Å². The molecule has 1 unspecified atom stereocenters. The standard InChI is InChI=1S/C14H18BrNO3/c1-9-4-12(18-2)13(19-3)6-11(9)16-8-10(7-15)5-14(16)17/h4,6,10H,5,7-8H2,1-3H3. The molecule has 0 radical (unpaired) electrons. The molecule has 0 aromatic heterocycles. The van der Waals surface area contributed by atoms with Crippen molar-refractivity contribution in [3.05, 3.63) is 17.7 Å². The number of hydrogen-bond acceptors (Lipinski definition) is 3. The molecule has 19 heavy (non-hydrogen) atoms. The molecule has 1 aliphatic heterocycles. The minimum absolute atomic E-state index is 0.166. The summed E-state index contributed by atoms with van der Waals surface area (Å²) in [5, 5.41) is 0.849. The smallest absolute Gasteiger partial charge is 0.227 e. The van der Waals surface area contributed by atoms with Crippen LogP contribution in [-0.2, 0) is 4.79 Å². The van der Waals surface area contributed by atoms with Crippen molar-refractivity contribution in [3.63, 3.8) is 0 Å². The summed E-state index contributed by atoms with van der Waals surface area (Å²) in [7, 11) is 3.21. The SMILES string of the molecule is COc1cc(C)c(N2CC(CBr)CC2=O)cc1OC. The zero-order valence-electron chi connectivity index (χ0n) is 11.4. The molecular weight excluding hydrogens is 310 g/mol. The number of aryl methyl sites for hydroxylation is 1. The first-order chi connectivity index (χ1) is 9.10. The molecule has 1 aromatic carbocycles. The molecule has 4 nitrogen and oxygen atoms in total. The van der Waals surface area contributed by atoms with Crippen molar-refractivity contribution in [2.75, 3.05) is 31.0 Å². The van der Waals surface area contributed by atoms with Crippen LogP contribution >= 0.6 is 15.9 Å². The first kappa shape index (κ1) is 14.2. The Morgan fingerprint density at radius 1 is 1.32 bits per heavy atom. The molecule has 1 aliphatic rings. The average Bonchev–Trinajstić information content (AvgIpc) is 2.79. The van der Waals surface area contributed by atoms with E-state index in [0.29, 0.717) is 23.8 Å². The normalized spacial score (nSPS) is 18.8. The Balaban J connectivity index is 2.37. The van der Waals surface area contributed by atoms with Crippen molar-refractivity contribution in [2.45, 2.75) is 13.3 Å². The highest BCUT2D eigenvalue weighted by Gasteiger charge is 2.31. The zero-order valence-corrected chi connectivity index (χ0v) is 13.0. The average molecular weight is 328 g/mol. The van der Waals surface area contributed by atoms with Gasteiger partial charge in [0.05, 0.1) is 19.9 Å². The number of benzene rings is 1. The second-order valence-corrected chi connectivity index (χ2v) is 5.37. The number of methoxy groups -OCH3 is 2. The number of rotatable bonds is 4. The molecule has 2 rings (SSSR count). The lowest BCUT2D eigenvalue weighted by molar-refractivity contribution is -0.117. The van der Waals surface area contributed by atoms with Crippen molar-refractivity contribution < 1.29 is 14.3 Å². The molecule has 0 aliphatic carbocycles. The Bertz CT molecular complexity index is 490. The van der Waals surface area contributed by atoms with E-state index < -0.39 is 0 Å². The molecule has 5 heteroatoms. The van der Waals surface area contributed by atoms with E-state index in [1.54, 1.807) is 14.2 Å². The molecular formula is C14H18BrNO3. The van der Waals surface area contributed by atoms with Gasteiger partial charge in [-0.15, -0.1) is 0 Å². The fourth-order valence-corrected chi connectivity index (χ4v) is 2.81. The van der Waals surface area contributed by atoms with Crippen LogP contribution in [-0.4, -0.2) is 32.0 Å². The van der Waals surface area contributed by atoms with Crippen molar-refractivity contribution in [1.29, 1.82) is 0 Å². The van der Waals surface area contributed by atoms with Crippen LogP contribution in [0.15, 0.2) is 12.1 Å². The third-order valence-corrected chi connectivity index (χ3v) is 4.33. The van der Waals surface area contributed by atoms with Gasteiger partial charge in [0.1, 0.15) is 0 Å². The Kier molecular flexibility index (Phi) is 4.34. The van der Waals surface area contributed by atoms with Gasteiger partial charge in [0.15, 0.2) is 11.5 Å². The van der Waals surface area contributed by atoms with Gasteiger partial charge in [-0.05, 0) is 24.5 Å². The number of ether oxygens (including phenoxy) is 2. The van der Waals surface area contributed by atoms with E-state index in [1.807, 2.05) is 24.0 Å². The van der Waals surface area contributed by atoms with Gasteiger partial charge in [-0.1, -0.05) is 15.9 Å². The van der Waals surface area contributed by atoms with E-state index >= 15 is 0 Å². The first-order valence-corrected chi connectivity index (χ1v) is 7.31. The molecule has 1 amide bonds.